The maximum absolute atomic E-state index is 14.3. The Balaban J connectivity index is 1.17. The van der Waals surface area contributed by atoms with Crippen molar-refractivity contribution >= 4 is 45.0 Å². The lowest BCUT2D eigenvalue weighted by Crippen LogP contribution is -2.41. The number of carbonyl (C=O) groups is 2. The molecule has 0 unspecified atom stereocenters. The normalized spacial score (nSPS) is 23.9. The van der Waals surface area contributed by atoms with Crippen LogP contribution in [0, 0.1) is 23.7 Å². The summed E-state index contributed by atoms with van der Waals surface area (Å²) in [5.74, 6) is 1.89. The molecule has 1 aliphatic carbocycles. The number of H-pyrrole nitrogens is 1. The molecule has 0 radical (unpaired) electrons. The van der Waals surface area contributed by atoms with Gasteiger partial charge in [0.05, 0.1) is 19.4 Å². The first-order valence-corrected chi connectivity index (χ1v) is 19.1. The number of para-hydroxylation sites is 1. The first-order valence-electron chi connectivity index (χ1n) is 16.8. The fourth-order valence-corrected chi connectivity index (χ4v) is 8.78. The van der Waals surface area contributed by atoms with Gasteiger partial charge in [-0.15, -0.1) is 0 Å². The van der Waals surface area contributed by atoms with Crippen molar-refractivity contribution in [2.24, 2.45) is 23.7 Å². The van der Waals surface area contributed by atoms with Gasteiger partial charge in [-0.05, 0) is 87.0 Å². The average molecular weight is 697 g/mol. The fourth-order valence-electron chi connectivity index (χ4n) is 7.66. The predicted octanol–water partition coefficient (Wildman–Crippen LogP) is 6.39. The molecule has 1 aromatic heterocycles. The van der Waals surface area contributed by atoms with E-state index < -0.39 is 16.1 Å². The molecule has 3 fully saturated rings. The van der Waals surface area contributed by atoms with Gasteiger partial charge >= 0.3 is 6.09 Å². The number of carbonyl (C=O) groups excluding carboxylic acids is 2. The number of hydrogen-bond acceptors (Lipinski definition) is 7. The second kappa shape index (κ2) is 14.9. The molecule has 2 saturated heterocycles. The van der Waals surface area contributed by atoms with Crippen LogP contribution in [0.15, 0.2) is 54.6 Å². The van der Waals surface area contributed by atoms with Crippen molar-refractivity contribution in [2.75, 3.05) is 50.2 Å². The minimum Gasteiger partial charge on any atom is -0.453 e. The summed E-state index contributed by atoms with van der Waals surface area (Å²) in [6.07, 6.45) is 6.74. The molecule has 48 heavy (non-hydrogen) atoms. The van der Waals surface area contributed by atoms with Crippen molar-refractivity contribution in [3.63, 3.8) is 0 Å². The number of likely N-dealkylation sites (tertiary alicyclic amines) is 1. The number of rotatable bonds is 9. The largest absolute Gasteiger partial charge is 0.453 e. The molecule has 1 saturated carbocycles. The van der Waals surface area contributed by atoms with Crippen molar-refractivity contribution in [1.29, 1.82) is 0 Å². The molecule has 0 bridgehead atoms. The SMILES string of the molecule is COC(=O)Nc1ccc(-c2nc([C@@H]3C[C@H](C4CCN(S(C)(=O)=O)CC4)CN3C(=O)C3CCC(CNc4ccccc4)CC3)[nH]c2Cl)cc1. The van der Waals surface area contributed by atoms with Gasteiger partial charge in [0.1, 0.15) is 16.7 Å². The van der Waals surface area contributed by atoms with E-state index in [0.29, 0.717) is 53.8 Å². The molecule has 0 spiro atoms. The maximum atomic E-state index is 14.3. The van der Waals surface area contributed by atoms with Crippen LogP contribution in [0.25, 0.3) is 11.3 Å². The van der Waals surface area contributed by atoms with Crippen LogP contribution in [0.3, 0.4) is 0 Å². The van der Waals surface area contributed by atoms with Gasteiger partial charge in [-0.1, -0.05) is 41.9 Å². The lowest BCUT2D eigenvalue weighted by Gasteiger charge is -2.34. The standard InChI is InChI=1S/C35H45ClN6O5S/c1-47-35(44)38-29-14-12-25(13-15-29)31-32(36)40-33(39-31)30-20-27(24-16-18-41(19-17-24)48(2,45)46)22-42(30)34(43)26-10-8-23(9-11-26)21-37-28-6-4-3-5-7-28/h3-7,12-15,23-24,26-27,30,37H,8-11,16-22H2,1-2H3,(H,38,44)(H,39,40)/t23?,26?,27-,30-/m0/s1. The molecule has 3 aromatic rings. The van der Waals surface area contributed by atoms with E-state index in [2.05, 4.69) is 32.5 Å². The van der Waals surface area contributed by atoms with Crippen LogP contribution >= 0.6 is 11.6 Å². The quantitative estimate of drug-likeness (QED) is 0.236. The zero-order valence-electron chi connectivity index (χ0n) is 27.5. The first kappa shape index (κ1) is 34.3. The second-order valence-corrected chi connectivity index (χ2v) is 15.8. The number of benzene rings is 2. The van der Waals surface area contributed by atoms with E-state index in [9.17, 15) is 18.0 Å². The Bertz CT molecular complexity index is 1670. The minimum atomic E-state index is -3.22. The summed E-state index contributed by atoms with van der Waals surface area (Å²) in [4.78, 5) is 36.2. The number of aromatic nitrogens is 2. The molecule has 13 heteroatoms. The molecule has 2 amide bonds. The van der Waals surface area contributed by atoms with Crippen LogP contribution in [-0.2, 0) is 19.6 Å². The number of nitrogens with zero attached hydrogens (tertiary/aromatic N) is 3. The zero-order chi connectivity index (χ0) is 33.8. The van der Waals surface area contributed by atoms with E-state index in [1.807, 2.05) is 35.2 Å². The highest BCUT2D eigenvalue weighted by atomic mass is 35.5. The Morgan fingerprint density at radius 1 is 0.958 bits per heavy atom. The molecule has 3 N–H and O–H groups in total. The summed E-state index contributed by atoms with van der Waals surface area (Å²) in [7, 11) is -1.91. The number of ether oxygens (including phenoxy) is 1. The van der Waals surface area contributed by atoms with Crippen LogP contribution in [0.2, 0.25) is 5.15 Å². The van der Waals surface area contributed by atoms with E-state index in [4.69, 9.17) is 16.6 Å². The Morgan fingerprint density at radius 3 is 2.29 bits per heavy atom. The fraction of sp³-hybridized carbons (Fsp3) is 0.514. The van der Waals surface area contributed by atoms with Gasteiger partial charge in [0.15, 0.2) is 0 Å². The highest BCUT2D eigenvalue weighted by molar-refractivity contribution is 7.88. The third kappa shape index (κ3) is 7.98. The Labute approximate surface area is 287 Å². The summed E-state index contributed by atoms with van der Waals surface area (Å²) in [6, 6.07) is 17.2. The maximum Gasteiger partial charge on any atom is 0.411 e. The number of anilines is 2. The number of sulfonamides is 1. The molecular formula is C35H45ClN6O5S. The summed E-state index contributed by atoms with van der Waals surface area (Å²) in [6.45, 7) is 2.55. The third-order valence-electron chi connectivity index (χ3n) is 10.4. The number of nitrogens with one attached hydrogen (secondary N) is 3. The van der Waals surface area contributed by atoms with Gasteiger partial charge in [0, 0.05) is 49.0 Å². The van der Waals surface area contributed by atoms with Crippen molar-refractivity contribution in [3.05, 3.63) is 65.6 Å². The molecule has 2 aromatic carbocycles. The summed E-state index contributed by atoms with van der Waals surface area (Å²) >= 11 is 6.73. The molecule has 258 valence electrons. The van der Waals surface area contributed by atoms with E-state index in [1.54, 1.807) is 16.4 Å². The number of methoxy groups -OCH3 is 1. The second-order valence-electron chi connectivity index (χ2n) is 13.4. The topological polar surface area (TPSA) is 137 Å². The Hall–Kier alpha value is -3.61. The van der Waals surface area contributed by atoms with E-state index in [1.165, 1.54) is 13.4 Å². The molecule has 3 aliphatic rings. The van der Waals surface area contributed by atoms with E-state index >= 15 is 0 Å². The van der Waals surface area contributed by atoms with E-state index in [0.717, 1.165) is 62.7 Å². The van der Waals surface area contributed by atoms with Gasteiger partial charge in [-0.2, -0.15) is 0 Å². The highest BCUT2D eigenvalue weighted by Crippen LogP contribution is 2.44. The molecule has 2 aliphatic heterocycles. The number of hydrogen-bond donors (Lipinski definition) is 3. The summed E-state index contributed by atoms with van der Waals surface area (Å²) in [5, 5.41) is 6.58. The zero-order valence-corrected chi connectivity index (χ0v) is 29.1. The lowest BCUT2D eigenvalue weighted by molar-refractivity contribution is -0.138. The molecule has 3 heterocycles. The number of piperidine rings is 1. The highest BCUT2D eigenvalue weighted by Gasteiger charge is 2.44. The van der Waals surface area contributed by atoms with Crippen molar-refractivity contribution in [3.8, 4) is 11.3 Å². The van der Waals surface area contributed by atoms with Crippen molar-refractivity contribution < 1.29 is 22.7 Å². The van der Waals surface area contributed by atoms with Crippen LogP contribution < -0.4 is 10.6 Å². The van der Waals surface area contributed by atoms with Gasteiger partial charge in [0.25, 0.3) is 0 Å². The van der Waals surface area contributed by atoms with Gasteiger partial charge in [0.2, 0.25) is 15.9 Å². The monoisotopic (exact) mass is 696 g/mol. The first-order chi connectivity index (χ1) is 23.1. The molecular weight excluding hydrogens is 652 g/mol. The average Bonchev–Trinajstić information content (AvgIpc) is 3.72. The van der Waals surface area contributed by atoms with E-state index in [-0.39, 0.29) is 23.8 Å². The number of aromatic amines is 1. The predicted molar refractivity (Wildman–Crippen MR) is 187 cm³/mol. The van der Waals surface area contributed by atoms with Crippen molar-refractivity contribution in [1.82, 2.24) is 19.2 Å². The minimum absolute atomic E-state index is 0.0360. The van der Waals surface area contributed by atoms with Crippen LogP contribution in [0.1, 0.15) is 56.8 Å². The Morgan fingerprint density at radius 2 is 1.65 bits per heavy atom. The number of amides is 2. The van der Waals surface area contributed by atoms with Gasteiger partial charge in [-0.25, -0.2) is 22.5 Å². The lowest BCUT2D eigenvalue weighted by atomic mass is 9.81. The van der Waals surface area contributed by atoms with Crippen LogP contribution in [-0.4, -0.2) is 79.1 Å². The smallest absolute Gasteiger partial charge is 0.411 e. The number of imidazole rings is 1. The van der Waals surface area contributed by atoms with Gasteiger partial charge in [-0.3, -0.25) is 10.1 Å². The van der Waals surface area contributed by atoms with Crippen LogP contribution in [0.5, 0.6) is 0 Å². The van der Waals surface area contributed by atoms with Gasteiger partial charge < -0.3 is 19.9 Å². The molecule has 11 nitrogen and oxygen atoms in total. The number of halogens is 1. The summed E-state index contributed by atoms with van der Waals surface area (Å²) < 4.78 is 30.5. The molecule has 6 rings (SSSR count). The van der Waals surface area contributed by atoms with Crippen LogP contribution in [0.4, 0.5) is 16.2 Å². The molecule has 2 atom stereocenters. The van der Waals surface area contributed by atoms with Crippen molar-refractivity contribution in [2.45, 2.75) is 51.0 Å². The third-order valence-corrected chi connectivity index (χ3v) is 12.0. The Kier molecular flexibility index (Phi) is 10.6. The summed E-state index contributed by atoms with van der Waals surface area (Å²) in [5.41, 5.74) is 3.07.